The molecule has 0 aliphatic heterocycles. The van der Waals surface area contributed by atoms with Gasteiger partial charge in [-0.05, 0) is 30.5 Å². The fraction of sp³-hybridized carbons (Fsp3) is 0.471. The number of hydrogen-bond acceptors (Lipinski definition) is 3. The summed E-state index contributed by atoms with van der Waals surface area (Å²) < 4.78 is 7.76. The van der Waals surface area contributed by atoms with E-state index >= 15 is 0 Å². The number of aryl methyl sites for hydroxylation is 3. The molecular weight excluding hydrogens is 262 g/mol. The Balaban J connectivity index is 2.06. The molecular formula is C17H25N3O. The summed E-state index contributed by atoms with van der Waals surface area (Å²) in [5.74, 6) is 0.979. The first kappa shape index (κ1) is 15.6. The number of ether oxygens (including phenoxy) is 1. The van der Waals surface area contributed by atoms with Gasteiger partial charge < -0.3 is 10.1 Å². The van der Waals surface area contributed by atoms with Crippen molar-refractivity contribution in [3.8, 4) is 5.75 Å². The van der Waals surface area contributed by atoms with E-state index < -0.39 is 0 Å². The SMILES string of the molecule is Cc1cc(CNC(C)C)cc(C)c1OCc1cnn(C)c1. The minimum absolute atomic E-state index is 0.493. The molecule has 1 heterocycles. The van der Waals surface area contributed by atoms with Gasteiger partial charge in [-0.3, -0.25) is 4.68 Å². The van der Waals surface area contributed by atoms with Gasteiger partial charge in [0.25, 0.3) is 0 Å². The second kappa shape index (κ2) is 6.76. The molecule has 2 rings (SSSR count). The van der Waals surface area contributed by atoms with Crippen LogP contribution in [0.2, 0.25) is 0 Å². The lowest BCUT2D eigenvalue weighted by molar-refractivity contribution is 0.301. The lowest BCUT2D eigenvalue weighted by Crippen LogP contribution is -2.21. The van der Waals surface area contributed by atoms with E-state index in [9.17, 15) is 0 Å². The van der Waals surface area contributed by atoms with Crippen molar-refractivity contribution in [2.75, 3.05) is 0 Å². The average Bonchev–Trinajstić information content (AvgIpc) is 2.81. The predicted molar refractivity (Wildman–Crippen MR) is 85.4 cm³/mol. The molecule has 0 saturated heterocycles. The molecule has 0 fully saturated rings. The number of aromatic nitrogens is 2. The molecule has 0 atom stereocenters. The Labute approximate surface area is 127 Å². The van der Waals surface area contributed by atoms with E-state index in [4.69, 9.17) is 4.74 Å². The summed E-state index contributed by atoms with van der Waals surface area (Å²) in [7, 11) is 1.91. The van der Waals surface area contributed by atoms with Crippen molar-refractivity contribution in [1.29, 1.82) is 0 Å². The van der Waals surface area contributed by atoms with Crippen LogP contribution in [-0.2, 0) is 20.2 Å². The Bertz CT molecular complexity index is 579. The molecule has 114 valence electrons. The zero-order valence-corrected chi connectivity index (χ0v) is 13.6. The molecule has 0 aliphatic carbocycles. The average molecular weight is 287 g/mol. The van der Waals surface area contributed by atoms with E-state index in [2.05, 4.69) is 50.2 Å². The van der Waals surface area contributed by atoms with Crippen LogP contribution in [0.25, 0.3) is 0 Å². The van der Waals surface area contributed by atoms with Gasteiger partial charge in [0.15, 0.2) is 0 Å². The van der Waals surface area contributed by atoms with Crippen LogP contribution in [0.15, 0.2) is 24.5 Å². The molecule has 0 unspecified atom stereocenters. The predicted octanol–water partition coefficient (Wildman–Crippen LogP) is 3.11. The lowest BCUT2D eigenvalue weighted by atomic mass is 10.1. The number of nitrogens with one attached hydrogen (secondary N) is 1. The highest BCUT2D eigenvalue weighted by Gasteiger charge is 2.08. The Kier molecular flexibility index (Phi) is 5.02. The zero-order valence-electron chi connectivity index (χ0n) is 13.6. The lowest BCUT2D eigenvalue weighted by Gasteiger charge is -2.15. The fourth-order valence-corrected chi connectivity index (χ4v) is 2.39. The van der Waals surface area contributed by atoms with Crippen LogP contribution in [0.1, 0.15) is 36.1 Å². The van der Waals surface area contributed by atoms with Crippen LogP contribution in [0.3, 0.4) is 0 Å². The van der Waals surface area contributed by atoms with Crippen LogP contribution in [0.5, 0.6) is 5.75 Å². The van der Waals surface area contributed by atoms with Crippen LogP contribution < -0.4 is 10.1 Å². The van der Waals surface area contributed by atoms with E-state index in [1.807, 2.05) is 19.4 Å². The third-order valence-electron chi connectivity index (χ3n) is 3.38. The smallest absolute Gasteiger partial charge is 0.125 e. The largest absolute Gasteiger partial charge is 0.488 e. The van der Waals surface area contributed by atoms with Gasteiger partial charge in [0.05, 0.1) is 6.20 Å². The van der Waals surface area contributed by atoms with Crippen molar-refractivity contribution in [2.45, 2.75) is 46.9 Å². The minimum atomic E-state index is 0.493. The molecule has 4 nitrogen and oxygen atoms in total. The first-order chi connectivity index (χ1) is 9.95. The Morgan fingerprint density at radius 1 is 1.19 bits per heavy atom. The van der Waals surface area contributed by atoms with Crippen molar-refractivity contribution in [1.82, 2.24) is 15.1 Å². The summed E-state index contributed by atoms with van der Waals surface area (Å²) in [6.07, 6.45) is 3.82. The highest BCUT2D eigenvalue weighted by atomic mass is 16.5. The normalized spacial score (nSPS) is 11.1. The van der Waals surface area contributed by atoms with Crippen molar-refractivity contribution < 1.29 is 4.74 Å². The van der Waals surface area contributed by atoms with Gasteiger partial charge in [0, 0.05) is 31.4 Å². The van der Waals surface area contributed by atoms with Crippen LogP contribution in [-0.4, -0.2) is 15.8 Å². The molecule has 0 radical (unpaired) electrons. The molecule has 0 spiro atoms. The van der Waals surface area contributed by atoms with Gasteiger partial charge in [-0.1, -0.05) is 26.0 Å². The van der Waals surface area contributed by atoms with Gasteiger partial charge in [0.2, 0.25) is 0 Å². The number of benzene rings is 1. The van der Waals surface area contributed by atoms with Crippen molar-refractivity contribution >= 4 is 0 Å². The first-order valence-corrected chi connectivity index (χ1v) is 7.39. The van der Waals surface area contributed by atoms with Gasteiger partial charge in [-0.2, -0.15) is 5.10 Å². The standard InChI is InChI=1S/C17H25N3O/c1-12(2)18-8-15-6-13(3)17(14(4)7-15)21-11-16-9-19-20(5)10-16/h6-7,9-10,12,18H,8,11H2,1-5H3. The van der Waals surface area contributed by atoms with Crippen molar-refractivity contribution in [2.24, 2.45) is 7.05 Å². The second-order valence-corrected chi connectivity index (χ2v) is 5.91. The van der Waals surface area contributed by atoms with E-state index in [1.54, 1.807) is 4.68 Å². The molecule has 0 saturated carbocycles. The first-order valence-electron chi connectivity index (χ1n) is 7.39. The van der Waals surface area contributed by atoms with Gasteiger partial charge in [-0.15, -0.1) is 0 Å². The molecule has 0 bridgehead atoms. The molecule has 1 N–H and O–H groups in total. The number of rotatable bonds is 6. The summed E-state index contributed by atoms with van der Waals surface area (Å²) in [6.45, 7) is 9.96. The molecule has 1 aromatic carbocycles. The fourth-order valence-electron chi connectivity index (χ4n) is 2.39. The third kappa shape index (κ3) is 4.33. The van der Waals surface area contributed by atoms with E-state index in [-0.39, 0.29) is 0 Å². The third-order valence-corrected chi connectivity index (χ3v) is 3.38. The molecule has 0 aliphatic rings. The topological polar surface area (TPSA) is 39.1 Å². The van der Waals surface area contributed by atoms with Crippen LogP contribution >= 0.6 is 0 Å². The van der Waals surface area contributed by atoms with Crippen molar-refractivity contribution in [3.63, 3.8) is 0 Å². The summed E-state index contributed by atoms with van der Waals surface area (Å²) in [4.78, 5) is 0. The second-order valence-electron chi connectivity index (χ2n) is 5.91. The van der Waals surface area contributed by atoms with E-state index in [0.29, 0.717) is 12.6 Å². The molecule has 21 heavy (non-hydrogen) atoms. The Morgan fingerprint density at radius 3 is 2.38 bits per heavy atom. The molecule has 4 heteroatoms. The van der Waals surface area contributed by atoms with Gasteiger partial charge in [-0.25, -0.2) is 0 Å². The maximum Gasteiger partial charge on any atom is 0.125 e. The maximum absolute atomic E-state index is 5.97. The summed E-state index contributed by atoms with van der Waals surface area (Å²) in [5.41, 5.74) is 4.74. The quantitative estimate of drug-likeness (QED) is 0.887. The summed E-state index contributed by atoms with van der Waals surface area (Å²) in [5, 5.41) is 7.60. The van der Waals surface area contributed by atoms with Crippen LogP contribution in [0, 0.1) is 13.8 Å². The Morgan fingerprint density at radius 2 is 1.86 bits per heavy atom. The number of hydrogen-bond donors (Lipinski definition) is 1. The highest BCUT2D eigenvalue weighted by Crippen LogP contribution is 2.25. The number of nitrogens with zero attached hydrogens (tertiary/aromatic N) is 2. The Hall–Kier alpha value is -1.81. The summed E-state index contributed by atoms with van der Waals surface area (Å²) in [6, 6.07) is 4.88. The zero-order chi connectivity index (χ0) is 15.4. The minimum Gasteiger partial charge on any atom is -0.488 e. The molecule has 2 aromatic rings. The van der Waals surface area contributed by atoms with Crippen molar-refractivity contribution in [3.05, 3.63) is 46.8 Å². The van der Waals surface area contributed by atoms with Crippen LogP contribution in [0.4, 0.5) is 0 Å². The van der Waals surface area contributed by atoms with Gasteiger partial charge in [0.1, 0.15) is 12.4 Å². The van der Waals surface area contributed by atoms with E-state index in [1.165, 1.54) is 16.7 Å². The van der Waals surface area contributed by atoms with Gasteiger partial charge >= 0.3 is 0 Å². The summed E-state index contributed by atoms with van der Waals surface area (Å²) >= 11 is 0. The van der Waals surface area contributed by atoms with E-state index in [0.717, 1.165) is 17.9 Å². The molecule has 1 aromatic heterocycles. The molecule has 0 amide bonds. The maximum atomic E-state index is 5.97. The highest BCUT2D eigenvalue weighted by molar-refractivity contribution is 5.43. The monoisotopic (exact) mass is 287 g/mol.